The molecule has 11 heteroatoms. The molecule has 0 aliphatic carbocycles. The van der Waals surface area contributed by atoms with E-state index in [2.05, 4.69) is 25.6 Å². The van der Waals surface area contributed by atoms with Crippen LogP contribution in [-0.4, -0.2) is 29.6 Å². The number of nitrogens with zero attached hydrogens (tertiary/aromatic N) is 3. The normalized spacial score (nSPS) is 11.7. The largest absolute Gasteiger partial charge is 0.481 e. The van der Waals surface area contributed by atoms with Crippen molar-refractivity contribution in [1.82, 2.24) is 20.6 Å². The number of hydrogen-bond donors (Lipinski definition) is 2. The first kappa shape index (κ1) is 22.4. The topological polar surface area (TPSA) is 71.4 Å². The highest BCUT2D eigenvalue weighted by Crippen LogP contribution is 2.29. The number of aromatic nitrogens is 2. The van der Waals surface area contributed by atoms with Crippen molar-refractivity contribution in [1.29, 1.82) is 0 Å². The summed E-state index contributed by atoms with van der Waals surface area (Å²) in [6.07, 6.45) is -4.43. The summed E-state index contributed by atoms with van der Waals surface area (Å²) in [6, 6.07) is 5.36. The lowest BCUT2D eigenvalue weighted by Crippen LogP contribution is -2.36. The summed E-state index contributed by atoms with van der Waals surface area (Å²) in [5.74, 6) is 0.962. The predicted molar refractivity (Wildman–Crippen MR) is 105 cm³/mol. The van der Waals surface area contributed by atoms with Crippen molar-refractivity contribution in [2.24, 2.45) is 4.99 Å². The summed E-state index contributed by atoms with van der Waals surface area (Å²) in [7, 11) is 1.53. The number of thiazole rings is 1. The summed E-state index contributed by atoms with van der Waals surface area (Å²) in [4.78, 5) is 12.2. The first-order valence-corrected chi connectivity index (χ1v) is 8.34. The number of rotatable bonds is 6. The zero-order valence-electron chi connectivity index (χ0n) is 14.1. The fourth-order valence-corrected chi connectivity index (χ4v) is 2.58. The Labute approximate surface area is 170 Å². The highest BCUT2D eigenvalue weighted by atomic mass is 127. The van der Waals surface area contributed by atoms with Gasteiger partial charge in [0.15, 0.2) is 11.7 Å². The molecule has 0 spiro atoms. The van der Waals surface area contributed by atoms with E-state index in [9.17, 15) is 13.2 Å². The van der Waals surface area contributed by atoms with Crippen molar-refractivity contribution in [2.45, 2.75) is 26.2 Å². The molecule has 0 radical (unpaired) electrons. The molecule has 2 aromatic rings. The highest BCUT2D eigenvalue weighted by molar-refractivity contribution is 14.0. The van der Waals surface area contributed by atoms with E-state index in [-0.39, 0.29) is 30.5 Å². The molecular formula is C15H19F3IN5OS. The Hall–Kier alpha value is -1.63. The van der Waals surface area contributed by atoms with Crippen molar-refractivity contribution in [2.75, 3.05) is 13.7 Å². The number of aliphatic imine (C=N–C) groups is 1. The second-order valence-corrected chi connectivity index (χ2v) is 5.79. The van der Waals surface area contributed by atoms with Gasteiger partial charge in [-0.2, -0.15) is 13.2 Å². The molecule has 0 atom stereocenters. The van der Waals surface area contributed by atoms with Gasteiger partial charge in [0.05, 0.1) is 25.9 Å². The second-order valence-electron chi connectivity index (χ2n) is 4.84. The first-order valence-electron chi connectivity index (χ1n) is 7.46. The maximum Gasteiger partial charge on any atom is 0.434 e. The molecule has 0 aliphatic rings. The molecule has 2 rings (SSSR count). The average Bonchev–Trinajstić information content (AvgIpc) is 3.07. The van der Waals surface area contributed by atoms with Gasteiger partial charge in [0.25, 0.3) is 0 Å². The molecule has 144 valence electrons. The molecule has 6 nitrogen and oxygen atoms in total. The number of ether oxygens (including phenoxy) is 1. The summed E-state index contributed by atoms with van der Waals surface area (Å²) in [5.41, 5.74) is -0.165. The Morgan fingerprint density at radius 2 is 2.04 bits per heavy atom. The molecule has 26 heavy (non-hydrogen) atoms. The number of alkyl halides is 3. The fourth-order valence-electron chi connectivity index (χ4n) is 1.84. The molecule has 0 saturated heterocycles. The lowest BCUT2D eigenvalue weighted by molar-refractivity contribution is -0.140. The summed E-state index contributed by atoms with van der Waals surface area (Å²) < 4.78 is 42.7. The molecule has 0 aliphatic heterocycles. The van der Waals surface area contributed by atoms with Crippen LogP contribution < -0.4 is 15.4 Å². The van der Waals surface area contributed by atoms with E-state index < -0.39 is 11.9 Å². The van der Waals surface area contributed by atoms with Crippen LogP contribution in [0.2, 0.25) is 0 Å². The molecule has 0 fully saturated rings. The third-order valence-electron chi connectivity index (χ3n) is 2.98. The van der Waals surface area contributed by atoms with Crippen molar-refractivity contribution in [3.8, 4) is 5.88 Å². The number of halogens is 4. The number of guanidine groups is 1. The molecule has 0 saturated carbocycles. The average molecular weight is 501 g/mol. The minimum absolute atomic E-state index is 0. The smallest absolute Gasteiger partial charge is 0.434 e. The van der Waals surface area contributed by atoms with Gasteiger partial charge >= 0.3 is 6.18 Å². The highest BCUT2D eigenvalue weighted by Gasteiger charge is 2.33. The van der Waals surface area contributed by atoms with Gasteiger partial charge in [0.1, 0.15) is 5.01 Å². The summed E-state index contributed by atoms with van der Waals surface area (Å²) >= 11 is 0.951. The maximum atomic E-state index is 12.6. The minimum atomic E-state index is -4.43. The van der Waals surface area contributed by atoms with Gasteiger partial charge in [-0.3, -0.25) is 0 Å². The van der Waals surface area contributed by atoms with Crippen LogP contribution in [0.15, 0.2) is 28.6 Å². The predicted octanol–water partition coefficient (Wildman–Crippen LogP) is 3.44. The molecule has 2 aromatic heterocycles. The van der Waals surface area contributed by atoms with Crippen molar-refractivity contribution in [3.05, 3.63) is 40.0 Å². The van der Waals surface area contributed by atoms with Crippen LogP contribution in [-0.2, 0) is 19.3 Å². The lowest BCUT2D eigenvalue weighted by atomic mass is 10.3. The van der Waals surface area contributed by atoms with Gasteiger partial charge in [-0.15, -0.1) is 35.3 Å². The Kier molecular flexibility index (Phi) is 9.05. The van der Waals surface area contributed by atoms with Crippen molar-refractivity contribution >= 4 is 41.3 Å². The van der Waals surface area contributed by atoms with Gasteiger partial charge < -0.3 is 15.4 Å². The summed E-state index contributed by atoms with van der Waals surface area (Å²) in [6.45, 7) is 2.96. The fraction of sp³-hybridized carbons (Fsp3) is 0.400. The van der Waals surface area contributed by atoms with E-state index in [4.69, 9.17) is 4.74 Å². The molecule has 0 aromatic carbocycles. The van der Waals surface area contributed by atoms with Crippen LogP contribution >= 0.6 is 35.3 Å². The lowest BCUT2D eigenvalue weighted by Gasteiger charge is -2.10. The van der Waals surface area contributed by atoms with E-state index in [1.54, 1.807) is 6.07 Å². The Morgan fingerprint density at radius 1 is 1.27 bits per heavy atom. The van der Waals surface area contributed by atoms with Crippen LogP contribution in [0.3, 0.4) is 0 Å². The van der Waals surface area contributed by atoms with Gasteiger partial charge in [0, 0.05) is 18.0 Å². The second kappa shape index (κ2) is 10.5. The van der Waals surface area contributed by atoms with Gasteiger partial charge in [-0.1, -0.05) is 6.07 Å². The quantitative estimate of drug-likeness (QED) is 0.361. The number of nitrogens with one attached hydrogen (secondary N) is 2. The number of hydrogen-bond acceptors (Lipinski definition) is 5. The van der Waals surface area contributed by atoms with Crippen LogP contribution in [0.1, 0.15) is 23.3 Å². The number of methoxy groups -OCH3 is 1. The van der Waals surface area contributed by atoms with E-state index in [1.165, 1.54) is 7.11 Å². The third kappa shape index (κ3) is 6.94. The molecule has 0 bridgehead atoms. The zero-order valence-corrected chi connectivity index (χ0v) is 17.3. The number of pyridine rings is 1. The maximum absolute atomic E-state index is 12.6. The molecule has 2 N–H and O–H groups in total. The van der Waals surface area contributed by atoms with Crippen LogP contribution in [0.25, 0.3) is 0 Å². The Balaban J connectivity index is 0.00000338. The first-order chi connectivity index (χ1) is 11.9. The molecule has 2 heterocycles. The van der Waals surface area contributed by atoms with E-state index in [1.807, 2.05) is 19.1 Å². The molecule has 0 amide bonds. The molecular weight excluding hydrogens is 482 g/mol. The van der Waals surface area contributed by atoms with Crippen LogP contribution in [0.5, 0.6) is 5.88 Å². The standard InChI is InChI=1S/C15H18F3N5OS.HI/c1-3-19-14(20-7-10-5-4-6-12(22-10)24-2)21-8-13-23-11(9-25-13)15(16,17)18;/h4-6,9H,3,7-8H2,1-2H3,(H2,19,20,21);1H. The van der Waals surface area contributed by atoms with E-state index in [0.717, 1.165) is 16.7 Å². The van der Waals surface area contributed by atoms with E-state index in [0.29, 0.717) is 35.6 Å². The summed E-state index contributed by atoms with van der Waals surface area (Å²) in [5, 5.41) is 7.32. The minimum Gasteiger partial charge on any atom is -0.481 e. The van der Waals surface area contributed by atoms with Gasteiger partial charge in [-0.25, -0.2) is 15.0 Å². The Morgan fingerprint density at radius 3 is 2.65 bits per heavy atom. The van der Waals surface area contributed by atoms with Crippen molar-refractivity contribution < 1.29 is 17.9 Å². The SMILES string of the molecule is CCNC(=NCc1cccc(OC)n1)NCc1nc(C(F)(F)F)cs1.I. The van der Waals surface area contributed by atoms with Gasteiger partial charge in [0.2, 0.25) is 5.88 Å². The van der Waals surface area contributed by atoms with E-state index >= 15 is 0 Å². The zero-order chi connectivity index (χ0) is 18.3. The Bertz CT molecular complexity index is 723. The molecule has 0 unspecified atom stereocenters. The van der Waals surface area contributed by atoms with Gasteiger partial charge in [-0.05, 0) is 13.0 Å². The monoisotopic (exact) mass is 501 g/mol. The van der Waals surface area contributed by atoms with Crippen molar-refractivity contribution in [3.63, 3.8) is 0 Å². The third-order valence-corrected chi connectivity index (χ3v) is 3.83. The van der Waals surface area contributed by atoms with Crippen LogP contribution in [0, 0.1) is 0 Å². The van der Waals surface area contributed by atoms with Crippen LogP contribution in [0.4, 0.5) is 13.2 Å².